The normalized spacial score (nSPS) is 16.6. The largest absolute Gasteiger partial charge is 0.488 e. The van der Waals surface area contributed by atoms with E-state index in [9.17, 15) is 4.79 Å². The van der Waals surface area contributed by atoms with Gasteiger partial charge in [0.05, 0.1) is 13.2 Å². The monoisotopic (exact) mass is 366 g/mol. The number of benzene rings is 1. The lowest BCUT2D eigenvalue weighted by molar-refractivity contribution is 0.0924. The van der Waals surface area contributed by atoms with Gasteiger partial charge in [-0.05, 0) is 37.6 Å². The van der Waals surface area contributed by atoms with Gasteiger partial charge in [-0.25, -0.2) is 4.98 Å². The molecule has 4 rings (SSSR count). The summed E-state index contributed by atoms with van der Waals surface area (Å²) < 4.78 is 17.1. The Bertz CT molecular complexity index is 973. The number of ether oxygens (including phenoxy) is 2. The molecule has 6 heteroatoms. The van der Waals surface area contributed by atoms with Crippen LogP contribution in [-0.4, -0.2) is 30.2 Å². The molecule has 1 atom stereocenters. The third-order valence-electron chi connectivity index (χ3n) is 4.58. The molecule has 0 radical (unpaired) electrons. The van der Waals surface area contributed by atoms with Crippen LogP contribution in [0.25, 0.3) is 11.1 Å². The Morgan fingerprint density at radius 2 is 2.15 bits per heavy atom. The van der Waals surface area contributed by atoms with E-state index >= 15 is 0 Å². The molecule has 27 heavy (non-hydrogen) atoms. The third-order valence-corrected chi connectivity index (χ3v) is 4.58. The fourth-order valence-corrected chi connectivity index (χ4v) is 3.10. The van der Waals surface area contributed by atoms with E-state index in [1.54, 1.807) is 6.07 Å². The molecule has 140 valence electrons. The van der Waals surface area contributed by atoms with Crippen LogP contribution < -0.4 is 10.1 Å². The SMILES string of the molecule is Cc1ccc(CNC(=O)c2cc3nc(C)ccc3o2)c(OC2CCOC2)c1. The Morgan fingerprint density at radius 1 is 1.26 bits per heavy atom. The van der Waals surface area contributed by atoms with Crippen LogP contribution in [-0.2, 0) is 11.3 Å². The van der Waals surface area contributed by atoms with Crippen molar-refractivity contribution in [1.29, 1.82) is 0 Å². The molecule has 1 N–H and O–H groups in total. The number of fused-ring (bicyclic) bond motifs is 1. The standard InChI is InChI=1S/C21H22N2O4/c1-13-3-5-15(19(9-13)26-16-7-8-25-12-16)11-22-21(24)20-10-17-18(27-20)6-4-14(2)23-17/h3-6,9-10,16H,7-8,11-12H2,1-2H3,(H,22,24). The molecular weight excluding hydrogens is 344 g/mol. The third kappa shape index (κ3) is 3.95. The van der Waals surface area contributed by atoms with Gasteiger partial charge < -0.3 is 19.2 Å². The number of nitrogens with one attached hydrogen (secondary N) is 1. The Morgan fingerprint density at radius 3 is 2.96 bits per heavy atom. The van der Waals surface area contributed by atoms with Gasteiger partial charge in [-0.1, -0.05) is 12.1 Å². The van der Waals surface area contributed by atoms with Crippen LogP contribution in [0.5, 0.6) is 5.75 Å². The Balaban J connectivity index is 1.47. The fourth-order valence-electron chi connectivity index (χ4n) is 3.10. The van der Waals surface area contributed by atoms with E-state index in [4.69, 9.17) is 13.9 Å². The number of amides is 1. The van der Waals surface area contributed by atoms with Gasteiger partial charge in [0.25, 0.3) is 5.91 Å². The van der Waals surface area contributed by atoms with Gasteiger partial charge in [-0.2, -0.15) is 0 Å². The first-order chi connectivity index (χ1) is 13.1. The molecule has 1 aromatic carbocycles. The maximum Gasteiger partial charge on any atom is 0.287 e. The van der Waals surface area contributed by atoms with E-state index in [1.165, 1.54) is 0 Å². The Kier molecular flexibility index (Phi) is 4.81. The number of carbonyl (C=O) groups is 1. The van der Waals surface area contributed by atoms with Crippen LogP contribution in [0.3, 0.4) is 0 Å². The van der Waals surface area contributed by atoms with Crippen molar-refractivity contribution in [3.05, 3.63) is 59.0 Å². The first-order valence-corrected chi connectivity index (χ1v) is 9.08. The number of carbonyl (C=O) groups excluding carboxylic acids is 1. The summed E-state index contributed by atoms with van der Waals surface area (Å²) in [6, 6.07) is 11.3. The minimum Gasteiger partial charge on any atom is -0.488 e. The quantitative estimate of drug-likeness (QED) is 0.748. The van der Waals surface area contributed by atoms with E-state index in [0.29, 0.717) is 24.3 Å². The van der Waals surface area contributed by atoms with E-state index in [0.717, 1.165) is 35.6 Å². The second kappa shape index (κ2) is 7.40. The zero-order valence-corrected chi connectivity index (χ0v) is 15.5. The average molecular weight is 366 g/mol. The van der Waals surface area contributed by atoms with Crippen LogP contribution in [0.1, 0.15) is 33.8 Å². The molecule has 0 bridgehead atoms. The molecule has 3 heterocycles. The number of aromatic nitrogens is 1. The first-order valence-electron chi connectivity index (χ1n) is 9.08. The summed E-state index contributed by atoms with van der Waals surface area (Å²) in [5.41, 5.74) is 4.20. The van der Waals surface area contributed by atoms with E-state index in [1.807, 2.05) is 44.2 Å². The van der Waals surface area contributed by atoms with E-state index < -0.39 is 0 Å². The fraction of sp³-hybridized carbons (Fsp3) is 0.333. The summed E-state index contributed by atoms with van der Waals surface area (Å²) in [5, 5.41) is 2.90. The Labute approximate surface area is 157 Å². The van der Waals surface area contributed by atoms with Gasteiger partial charge in [0.2, 0.25) is 0 Å². The van der Waals surface area contributed by atoms with Crippen molar-refractivity contribution >= 4 is 17.0 Å². The molecule has 1 amide bonds. The average Bonchev–Trinajstić information content (AvgIpc) is 3.30. The molecule has 1 aliphatic rings. The summed E-state index contributed by atoms with van der Waals surface area (Å²) in [5.74, 6) is 0.760. The molecule has 0 aliphatic carbocycles. The number of aryl methyl sites for hydroxylation is 2. The van der Waals surface area contributed by atoms with Crippen LogP contribution in [0.4, 0.5) is 0 Å². The minimum atomic E-state index is -0.277. The van der Waals surface area contributed by atoms with Crippen molar-refractivity contribution in [1.82, 2.24) is 10.3 Å². The molecule has 2 aromatic heterocycles. The molecule has 3 aromatic rings. The molecule has 6 nitrogen and oxygen atoms in total. The molecular formula is C21H22N2O4. The maximum atomic E-state index is 12.5. The predicted molar refractivity (Wildman–Crippen MR) is 101 cm³/mol. The number of rotatable bonds is 5. The highest BCUT2D eigenvalue weighted by molar-refractivity contribution is 5.95. The van der Waals surface area contributed by atoms with Crippen molar-refractivity contribution in [2.75, 3.05) is 13.2 Å². The topological polar surface area (TPSA) is 73.6 Å². The van der Waals surface area contributed by atoms with Crippen molar-refractivity contribution in [3.8, 4) is 5.75 Å². The number of pyridine rings is 1. The van der Waals surface area contributed by atoms with Gasteiger partial charge in [0, 0.05) is 30.3 Å². The second-order valence-corrected chi connectivity index (χ2v) is 6.84. The number of hydrogen-bond acceptors (Lipinski definition) is 5. The predicted octanol–water partition coefficient (Wildman–Crippen LogP) is 3.54. The highest BCUT2D eigenvalue weighted by Gasteiger charge is 2.19. The molecule has 0 saturated carbocycles. The van der Waals surface area contributed by atoms with Gasteiger partial charge in [0.1, 0.15) is 17.4 Å². The Hall–Kier alpha value is -2.86. The van der Waals surface area contributed by atoms with Crippen molar-refractivity contribution in [2.45, 2.75) is 32.9 Å². The minimum absolute atomic E-state index is 0.0611. The van der Waals surface area contributed by atoms with Gasteiger partial charge in [-0.15, -0.1) is 0 Å². The van der Waals surface area contributed by atoms with Crippen LogP contribution in [0.2, 0.25) is 0 Å². The molecule has 1 fully saturated rings. The highest BCUT2D eigenvalue weighted by Crippen LogP contribution is 2.24. The summed E-state index contributed by atoms with van der Waals surface area (Å²) in [4.78, 5) is 16.9. The van der Waals surface area contributed by atoms with Crippen molar-refractivity contribution in [3.63, 3.8) is 0 Å². The van der Waals surface area contributed by atoms with Gasteiger partial charge >= 0.3 is 0 Å². The van der Waals surface area contributed by atoms with Crippen LogP contribution in [0.15, 0.2) is 40.8 Å². The summed E-state index contributed by atoms with van der Waals surface area (Å²) >= 11 is 0. The van der Waals surface area contributed by atoms with Crippen molar-refractivity contribution < 1.29 is 18.7 Å². The lowest BCUT2D eigenvalue weighted by atomic mass is 10.1. The summed E-state index contributed by atoms with van der Waals surface area (Å²) in [6.07, 6.45) is 0.941. The number of furan rings is 1. The highest BCUT2D eigenvalue weighted by atomic mass is 16.5. The zero-order valence-electron chi connectivity index (χ0n) is 15.5. The van der Waals surface area contributed by atoms with Crippen LogP contribution >= 0.6 is 0 Å². The lowest BCUT2D eigenvalue weighted by Crippen LogP contribution is -2.23. The first kappa shape index (κ1) is 17.5. The number of hydrogen-bond donors (Lipinski definition) is 1. The van der Waals surface area contributed by atoms with Crippen LogP contribution in [0, 0.1) is 13.8 Å². The lowest BCUT2D eigenvalue weighted by Gasteiger charge is -2.16. The molecule has 1 saturated heterocycles. The van der Waals surface area contributed by atoms with Gasteiger partial charge in [0.15, 0.2) is 11.3 Å². The zero-order chi connectivity index (χ0) is 18.8. The maximum absolute atomic E-state index is 12.5. The number of nitrogens with zero attached hydrogens (tertiary/aromatic N) is 1. The van der Waals surface area contributed by atoms with Gasteiger partial charge in [-0.3, -0.25) is 4.79 Å². The molecule has 1 unspecified atom stereocenters. The summed E-state index contributed by atoms with van der Waals surface area (Å²) in [7, 11) is 0. The van der Waals surface area contributed by atoms with Crippen molar-refractivity contribution in [2.24, 2.45) is 0 Å². The smallest absolute Gasteiger partial charge is 0.287 e. The second-order valence-electron chi connectivity index (χ2n) is 6.84. The van der Waals surface area contributed by atoms with E-state index in [-0.39, 0.29) is 17.8 Å². The molecule has 1 aliphatic heterocycles. The summed E-state index contributed by atoms with van der Waals surface area (Å²) in [6.45, 7) is 5.60. The van der Waals surface area contributed by atoms with E-state index in [2.05, 4.69) is 10.3 Å². The molecule has 0 spiro atoms.